The zero-order valence-corrected chi connectivity index (χ0v) is 11.4. The van der Waals surface area contributed by atoms with Crippen LogP contribution in [-0.2, 0) is 6.54 Å². The van der Waals surface area contributed by atoms with Crippen LogP contribution in [0.3, 0.4) is 0 Å². The summed E-state index contributed by atoms with van der Waals surface area (Å²) in [5.74, 6) is 2.07. The average Bonchev–Trinajstić information content (AvgIpc) is 3.02. The Kier molecular flexibility index (Phi) is 3.50. The van der Waals surface area contributed by atoms with Gasteiger partial charge in [-0.15, -0.1) is 11.3 Å². The molecule has 0 unspecified atom stereocenters. The van der Waals surface area contributed by atoms with Crippen LogP contribution in [-0.4, -0.2) is 43.0 Å². The lowest BCUT2D eigenvalue weighted by atomic mass is 10.3. The maximum absolute atomic E-state index is 5.91. The number of piperazine rings is 1. The Morgan fingerprint density at radius 1 is 1.17 bits per heavy atom. The molecule has 3 rings (SSSR count). The van der Waals surface area contributed by atoms with E-state index in [1.54, 1.807) is 11.3 Å². The average molecular weight is 262 g/mol. The van der Waals surface area contributed by atoms with Crippen LogP contribution in [0, 0.1) is 0 Å². The monoisotopic (exact) mass is 262 g/mol. The van der Waals surface area contributed by atoms with Gasteiger partial charge in [-0.25, -0.2) is 0 Å². The van der Waals surface area contributed by atoms with Gasteiger partial charge in [0.25, 0.3) is 0 Å². The zero-order chi connectivity index (χ0) is 12.4. The molecule has 96 valence electrons. The molecule has 0 radical (unpaired) electrons. The lowest BCUT2D eigenvalue weighted by molar-refractivity contribution is 0.140. The van der Waals surface area contributed by atoms with Crippen molar-refractivity contribution in [3.63, 3.8) is 0 Å². The summed E-state index contributed by atoms with van der Waals surface area (Å²) in [6, 6.07) is 8.34. The summed E-state index contributed by atoms with van der Waals surface area (Å²) in [4.78, 5) is 6.03. The van der Waals surface area contributed by atoms with Crippen LogP contribution in [0.1, 0.15) is 5.76 Å². The highest BCUT2D eigenvalue weighted by molar-refractivity contribution is 7.13. The van der Waals surface area contributed by atoms with Crippen molar-refractivity contribution in [2.45, 2.75) is 6.54 Å². The molecule has 2 aromatic rings. The van der Waals surface area contributed by atoms with Crippen molar-refractivity contribution in [2.24, 2.45) is 0 Å². The minimum absolute atomic E-state index is 0.930. The number of hydrogen-bond acceptors (Lipinski definition) is 4. The highest BCUT2D eigenvalue weighted by Gasteiger charge is 2.15. The Labute approximate surface area is 112 Å². The van der Waals surface area contributed by atoms with Crippen LogP contribution in [0.5, 0.6) is 0 Å². The van der Waals surface area contributed by atoms with E-state index < -0.39 is 0 Å². The number of rotatable bonds is 3. The molecule has 18 heavy (non-hydrogen) atoms. The summed E-state index contributed by atoms with van der Waals surface area (Å²) in [6.07, 6.45) is 0. The van der Waals surface area contributed by atoms with E-state index in [9.17, 15) is 0 Å². The molecular weight excluding hydrogens is 244 g/mol. The van der Waals surface area contributed by atoms with Gasteiger partial charge in [-0.05, 0) is 30.6 Å². The summed E-state index contributed by atoms with van der Waals surface area (Å²) in [7, 11) is 2.18. The van der Waals surface area contributed by atoms with Gasteiger partial charge in [0.05, 0.1) is 11.4 Å². The van der Waals surface area contributed by atoms with Crippen molar-refractivity contribution in [3.8, 4) is 10.6 Å². The van der Waals surface area contributed by atoms with Gasteiger partial charge in [0, 0.05) is 26.2 Å². The molecular formula is C14H18N2OS. The molecule has 1 aliphatic heterocycles. The summed E-state index contributed by atoms with van der Waals surface area (Å²) in [6.45, 7) is 5.49. The van der Waals surface area contributed by atoms with Crippen LogP contribution in [0.4, 0.5) is 0 Å². The second-order valence-corrected chi connectivity index (χ2v) is 5.77. The fourth-order valence-corrected chi connectivity index (χ4v) is 2.93. The van der Waals surface area contributed by atoms with Gasteiger partial charge >= 0.3 is 0 Å². The van der Waals surface area contributed by atoms with E-state index in [2.05, 4.69) is 46.5 Å². The van der Waals surface area contributed by atoms with Crippen molar-refractivity contribution >= 4 is 11.3 Å². The second-order valence-electron chi connectivity index (χ2n) is 4.82. The second kappa shape index (κ2) is 5.26. The largest absolute Gasteiger partial charge is 0.459 e. The van der Waals surface area contributed by atoms with E-state index in [4.69, 9.17) is 4.42 Å². The molecule has 0 aromatic carbocycles. The predicted octanol–water partition coefficient (Wildman–Crippen LogP) is 2.76. The molecule has 0 amide bonds. The molecule has 0 atom stereocenters. The van der Waals surface area contributed by atoms with Crippen LogP contribution < -0.4 is 0 Å². The third-order valence-electron chi connectivity index (χ3n) is 3.40. The third-order valence-corrected chi connectivity index (χ3v) is 4.29. The molecule has 4 heteroatoms. The topological polar surface area (TPSA) is 19.6 Å². The first-order chi connectivity index (χ1) is 8.81. The molecule has 0 aliphatic carbocycles. The zero-order valence-electron chi connectivity index (χ0n) is 10.6. The SMILES string of the molecule is CN1CCN(Cc2ccc(-c3cccs3)o2)CC1. The number of nitrogens with zero attached hydrogens (tertiary/aromatic N) is 2. The first kappa shape index (κ1) is 12.0. The van der Waals surface area contributed by atoms with Gasteiger partial charge in [-0.1, -0.05) is 6.07 Å². The van der Waals surface area contributed by atoms with Crippen molar-refractivity contribution in [1.82, 2.24) is 9.80 Å². The molecule has 0 spiro atoms. The molecule has 0 saturated carbocycles. The minimum atomic E-state index is 0.930. The van der Waals surface area contributed by atoms with Gasteiger partial charge in [0.2, 0.25) is 0 Å². The first-order valence-corrected chi connectivity index (χ1v) is 7.23. The van der Waals surface area contributed by atoms with Gasteiger partial charge in [0.15, 0.2) is 0 Å². The van der Waals surface area contributed by atoms with Crippen LogP contribution in [0.25, 0.3) is 10.6 Å². The molecule has 0 bridgehead atoms. The lowest BCUT2D eigenvalue weighted by Crippen LogP contribution is -2.43. The van der Waals surface area contributed by atoms with Gasteiger partial charge in [-0.3, -0.25) is 4.90 Å². The smallest absolute Gasteiger partial charge is 0.144 e. The Bertz CT molecular complexity index is 484. The third kappa shape index (κ3) is 2.66. The van der Waals surface area contributed by atoms with Crippen LogP contribution in [0.15, 0.2) is 34.1 Å². The number of likely N-dealkylation sites (N-methyl/N-ethyl adjacent to an activating group) is 1. The quantitative estimate of drug-likeness (QED) is 0.848. The number of thiophene rings is 1. The standard InChI is InChI=1S/C14H18N2OS/c1-15-6-8-16(9-7-15)11-12-4-5-13(17-12)14-3-2-10-18-14/h2-5,10H,6-9,11H2,1H3. The van der Waals surface area contributed by atoms with Gasteiger partial charge < -0.3 is 9.32 Å². The molecule has 3 nitrogen and oxygen atoms in total. The molecule has 0 N–H and O–H groups in total. The van der Waals surface area contributed by atoms with Crippen molar-refractivity contribution in [3.05, 3.63) is 35.4 Å². The molecule has 1 saturated heterocycles. The molecule has 3 heterocycles. The fourth-order valence-electron chi connectivity index (χ4n) is 2.24. The van der Waals surface area contributed by atoms with Gasteiger partial charge in [0.1, 0.15) is 11.5 Å². The Hall–Kier alpha value is -1.10. The molecule has 1 aliphatic rings. The summed E-state index contributed by atoms with van der Waals surface area (Å²) in [5.41, 5.74) is 0. The first-order valence-electron chi connectivity index (χ1n) is 6.35. The van der Waals surface area contributed by atoms with Crippen LogP contribution in [0.2, 0.25) is 0 Å². The molecule has 1 fully saturated rings. The van der Waals surface area contributed by atoms with Crippen molar-refractivity contribution in [2.75, 3.05) is 33.2 Å². The van der Waals surface area contributed by atoms with E-state index in [1.807, 2.05) is 0 Å². The Balaban J connectivity index is 1.64. The van der Waals surface area contributed by atoms with E-state index in [0.717, 1.165) is 44.2 Å². The maximum atomic E-state index is 5.91. The highest BCUT2D eigenvalue weighted by atomic mass is 32.1. The van der Waals surface area contributed by atoms with Crippen molar-refractivity contribution < 1.29 is 4.42 Å². The number of hydrogen-bond donors (Lipinski definition) is 0. The molecule has 2 aromatic heterocycles. The fraction of sp³-hybridized carbons (Fsp3) is 0.429. The number of furan rings is 1. The summed E-state index contributed by atoms with van der Waals surface area (Å²) < 4.78 is 5.91. The Morgan fingerprint density at radius 3 is 2.72 bits per heavy atom. The van der Waals surface area contributed by atoms with Crippen molar-refractivity contribution in [1.29, 1.82) is 0 Å². The van der Waals surface area contributed by atoms with E-state index in [-0.39, 0.29) is 0 Å². The van der Waals surface area contributed by atoms with Gasteiger partial charge in [-0.2, -0.15) is 0 Å². The van der Waals surface area contributed by atoms with E-state index in [0.29, 0.717) is 0 Å². The Morgan fingerprint density at radius 2 is 2.00 bits per heavy atom. The van der Waals surface area contributed by atoms with E-state index in [1.165, 1.54) is 4.88 Å². The maximum Gasteiger partial charge on any atom is 0.144 e. The summed E-state index contributed by atoms with van der Waals surface area (Å²) in [5, 5.41) is 2.08. The van der Waals surface area contributed by atoms with Crippen LogP contribution >= 0.6 is 11.3 Å². The lowest BCUT2D eigenvalue weighted by Gasteiger charge is -2.31. The summed E-state index contributed by atoms with van der Waals surface area (Å²) >= 11 is 1.72. The minimum Gasteiger partial charge on any atom is -0.459 e. The predicted molar refractivity (Wildman–Crippen MR) is 74.8 cm³/mol. The van der Waals surface area contributed by atoms with E-state index >= 15 is 0 Å². The normalized spacial score (nSPS) is 18.3. The highest BCUT2D eigenvalue weighted by Crippen LogP contribution is 2.27.